The van der Waals surface area contributed by atoms with Gasteiger partial charge in [-0.15, -0.1) is 0 Å². The van der Waals surface area contributed by atoms with E-state index in [0.29, 0.717) is 80.6 Å². The Balaban J connectivity index is 0.000000171. The van der Waals surface area contributed by atoms with Gasteiger partial charge in [0.2, 0.25) is 11.9 Å². The molecule has 6 heterocycles. The van der Waals surface area contributed by atoms with Crippen LogP contribution in [0.5, 0.6) is 0 Å². The second kappa shape index (κ2) is 17.8. The highest BCUT2D eigenvalue weighted by Crippen LogP contribution is 2.33. The fourth-order valence-electron chi connectivity index (χ4n) is 7.66. The summed E-state index contributed by atoms with van der Waals surface area (Å²) in [7, 11) is 0. The first-order chi connectivity index (χ1) is 29.6. The Morgan fingerprint density at radius 1 is 0.656 bits per heavy atom. The quantitative estimate of drug-likeness (QED) is 0.119. The summed E-state index contributed by atoms with van der Waals surface area (Å²) >= 11 is 0. The lowest BCUT2D eigenvalue weighted by molar-refractivity contribution is 0.0541. The van der Waals surface area contributed by atoms with Crippen molar-refractivity contribution >= 4 is 29.4 Å². The number of carbonyl (C=O) groups is 2. The van der Waals surface area contributed by atoms with E-state index >= 15 is 0 Å². The summed E-state index contributed by atoms with van der Waals surface area (Å²) in [5, 5.41) is 9.64. The van der Waals surface area contributed by atoms with Gasteiger partial charge in [0.05, 0.1) is 23.2 Å². The zero-order chi connectivity index (χ0) is 42.5. The summed E-state index contributed by atoms with van der Waals surface area (Å²) in [5.41, 5.74) is 20.9. The fourth-order valence-corrected chi connectivity index (χ4v) is 7.66. The summed E-state index contributed by atoms with van der Waals surface area (Å²) in [6, 6.07) is 28.2. The van der Waals surface area contributed by atoms with Crippen molar-refractivity contribution in [1.82, 2.24) is 39.7 Å². The fraction of sp³-hybridized carbons (Fsp3) is 0.217. The predicted octanol–water partition coefficient (Wildman–Crippen LogP) is 6.45. The second-order valence-electron chi connectivity index (χ2n) is 15.1. The second-order valence-corrected chi connectivity index (χ2v) is 15.1. The number of hydrogen-bond acceptors (Lipinski definition) is 10. The van der Waals surface area contributed by atoms with Crippen LogP contribution in [-0.4, -0.2) is 102 Å². The Bertz CT molecular complexity index is 2650. The summed E-state index contributed by atoms with van der Waals surface area (Å²) in [6.07, 6.45) is 7.85. The third-order valence-corrected chi connectivity index (χ3v) is 10.9. The van der Waals surface area contributed by atoms with Crippen LogP contribution in [0.3, 0.4) is 0 Å². The number of benzene rings is 3. The Hall–Kier alpha value is -7.39. The standard InChI is InChI=1S/C25H23FN6O.C21H23N5O2/c26-20-8-4-5-9-22(20)31-10-12-32(13-11-31)24(33)21-14-18(15-28-21)23-19(16-29-25(27)30-23)17-6-2-1-3-7-17;1-13-3-2-4-14(9-13)17-12-24-21(22)25-19(17)15-10-18(23-11-15)20(28)26-7-5-16(27)6-8-26/h1-9,14-16,28H,10-13H2,(H2,27,29,30);2-4,9-12,16,23,27H,5-8H2,1H3,(H2,22,24,25). The molecule has 7 aromatic rings. The van der Waals surface area contributed by atoms with Gasteiger partial charge in [0.1, 0.15) is 17.2 Å². The molecule has 9 rings (SSSR count). The number of nitrogen functional groups attached to an aromatic ring is 2. The molecule has 15 heteroatoms. The molecule has 0 bridgehead atoms. The molecular weight excluding hydrogens is 774 g/mol. The lowest BCUT2D eigenvalue weighted by atomic mass is 10.0. The average molecular weight is 820 g/mol. The monoisotopic (exact) mass is 819 g/mol. The van der Waals surface area contributed by atoms with Gasteiger partial charge in [0.15, 0.2) is 0 Å². The first-order valence-electron chi connectivity index (χ1n) is 20.1. The molecule has 0 saturated carbocycles. The predicted molar refractivity (Wildman–Crippen MR) is 234 cm³/mol. The minimum Gasteiger partial charge on any atom is -0.393 e. The van der Waals surface area contributed by atoms with E-state index in [2.05, 4.69) is 36.0 Å². The third-order valence-electron chi connectivity index (χ3n) is 10.9. The van der Waals surface area contributed by atoms with E-state index < -0.39 is 0 Å². The largest absolute Gasteiger partial charge is 0.393 e. The first kappa shape index (κ1) is 40.4. The number of aliphatic hydroxyl groups is 1. The topological polar surface area (TPSA) is 199 Å². The molecule has 4 aromatic heterocycles. The van der Waals surface area contributed by atoms with Gasteiger partial charge < -0.3 is 41.2 Å². The number of amides is 2. The molecule has 61 heavy (non-hydrogen) atoms. The van der Waals surface area contributed by atoms with Crippen molar-refractivity contribution in [1.29, 1.82) is 0 Å². The molecular formula is C46H46FN11O3. The molecule has 2 aliphatic heterocycles. The van der Waals surface area contributed by atoms with E-state index in [0.717, 1.165) is 38.9 Å². The van der Waals surface area contributed by atoms with Crippen LogP contribution >= 0.6 is 0 Å². The maximum absolute atomic E-state index is 14.1. The molecule has 7 N–H and O–H groups in total. The van der Waals surface area contributed by atoms with Crippen LogP contribution < -0.4 is 16.4 Å². The van der Waals surface area contributed by atoms with Crippen molar-refractivity contribution in [3.8, 4) is 44.8 Å². The number of para-hydroxylation sites is 1. The molecule has 2 fully saturated rings. The van der Waals surface area contributed by atoms with E-state index in [-0.39, 0.29) is 35.6 Å². The van der Waals surface area contributed by atoms with Crippen LogP contribution in [0.2, 0.25) is 0 Å². The molecule has 2 aliphatic rings. The van der Waals surface area contributed by atoms with Crippen LogP contribution in [-0.2, 0) is 0 Å². The summed E-state index contributed by atoms with van der Waals surface area (Å²) in [6.45, 7) is 5.31. The molecule has 0 spiro atoms. The highest BCUT2D eigenvalue weighted by atomic mass is 19.1. The van der Waals surface area contributed by atoms with Crippen molar-refractivity contribution in [3.05, 3.63) is 139 Å². The van der Waals surface area contributed by atoms with Gasteiger partial charge in [0, 0.05) is 86.3 Å². The molecule has 2 saturated heterocycles. The molecule has 0 unspecified atom stereocenters. The molecule has 14 nitrogen and oxygen atoms in total. The minimum absolute atomic E-state index is 0.0720. The minimum atomic E-state index is -0.316. The van der Waals surface area contributed by atoms with Crippen molar-refractivity contribution in [2.45, 2.75) is 25.9 Å². The van der Waals surface area contributed by atoms with E-state index in [9.17, 15) is 19.1 Å². The van der Waals surface area contributed by atoms with Crippen molar-refractivity contribution < 1.29 is 19.1 Å². The van der Waals surface area contributed by atoms with Crippen LogP contribution in [0, 0.1) is 12.7 Å². The number of nitrogens with one attached hydrogen (secondary N) is 2. The molecule has 310 valence electrons. The Labute approximate surface area is 352 Å². The Morgan fingerprint density at radius 3 is 1.75 bits per heavy atom. The van der Waals surface area contributed by atoms with E-state index in [1.165, 1.54) is 6.07 Å². The molecule has 3 aromatic carbocycles. The number of likely N-dealkylation sites (tertiary alicyclic amines) is 1. The number of aromatic nitrogens is 6. The average Bonchev–Trinajstić information content (AvgIpc) is 3.99. The van der Waals surface area contributed by atoms with Gasteiger partial charge in [-0.2, -0.15) is 0 Å². The molecule has 0 aliphatic carbocycles. The number of hydrogen-bond donors (Lipinski definition) is 5. The first-order valence-corrected chi connectivity index (χ1v) is 20.1. The van der Waals surface area contributed by atoms with E-state index in [1.54, 1.807) is 58.9 Å². The number of anilines is 3. The summed E-state index contributed by atoms with van der Waals surface area (Å²) < 4.78 is 14.1. The third kappa shape index (κ3) is 9.11. The summed E-state index contributed by atoms with van der Waals surface area (Å²) in [4.78, 5) is 54.7. The lowest BCUT2D eigenvalue weighted by Crippen LogP contribution is -2.49. The SMILES string of the molecule is Cc1cccc(-c2cnc(N)nc2-c2c[nH]c(C(=O)N3CCC(O)CC3)c2)c1.Nc1ncc(-c2ccccc2)c(-c2c[nH]c(C(=O)N3CCN(c4ccccc4F)CC3)c2)n1. The van der Waals surface area contributed by atoms with Crippen molar-refractivity contribution in [2.24, 2.45) is 0 Å². The summed E-state index contributed by atoms with van der Waals surface area (Å²) in [5.74, 6) is -0.0619. The number of aliphatic hydroxyl groups excluding tert-OH is 1. The number of nitrogens with two attached hydrogens (primary N) is 2. The maximum Gasteiger partial charge on any atom is 0.270 e. The van der Waals surface area contributed by atoms with Crippen LogP contribution in [0.15, 0.2) is 116 Å². The highest BCUT2D eigenvalue weighted by Gasteiger charge is 2.26. The van der Waals surface area contributed by atoms with E-state index in [4.69, 9.17) is 11.5 Å². The van der Waals surface area contributed by atoms with Crippen LogP contribution in [0.25, 0.3) is 44.8 Å². The number of carbonyl (C=O) groups excluding carboxylic acids is 2. The zero-order valence-corrected chi connectivity index (χ0v) is 33.6. The highest BCUT2D eigenvalue weighted by molar-refractivity contribution is 5.96. The number of rotatable bonds is 7. The number of aromatic amines is 2. The number of aryl methyl sites for hydroxylation is 1. The lowest BCUT2D eigenvalue weighted by Gasteiger charge is -2.36. The van der Waals surface area contributed by atoms with Gasteiger partial charge in [-0.3, -0.25) is 9.59 Å². The molecule has 0 radical (unpaired) electrons. The van der Waals surface area contributed by atoms with Gasteiger partial charge >= 0.3 is 0 Å². The molecule has 2 amide bonds. The van der Waals surface area contributed by atoms with Gasteiger partial charge in [-0.25, -0.2) is 24.3 Å². The van der Waals surface area contributed by atoms with Crippen LogP contribution in [0.4, 0.5) is 22.0 Å². The Kier molecular flexibility index (Phi) is 11.8. The number of nitrogens with zero attached hydrogens (tertiary/aromatic N) is 7. The van der Waals surface area contributed by atoms with Gasteiger partial charge in [-0.05, 0) is 55.2 Å². The van der Waals surface area contributed by atoms with E-state index in [1.807, 2.05) is 66.4 Å². The van der Waals surface area contributed by atoms with Crippen LogP contribution in [0.1, 0.15) is 39.4 Å². The molecule has 0 atom stereocenters. The Morgan fingerprint density at radius 2 is 1.18 bits per heavy atom. The maximum atomic E-state index is 14.1. The number of piperidine rings is 1. The zero-order valence-electron chi connectivity index (χ0n) is 33.6. The van der Waals surface area contributed by atoms with Gasteiger partial charge in [-0.1, -0.05) is 72.3 Å². The van der Waals surface area contributed by atoms with Crippen molar-refractivity contribution in [3.63, 3.8) is 0 Å². The number of H-pyrrole nitrogens is 2. The normalized spacial score (nSPS) is 14.4. The number of halogens is 1. The van der Waals surface area contributed by atoms with Gasteiger partial charge in [0.25, 0.3) is 11.8 Å². The smallest absolute Gasteiger partial charge is 0.270 e. The van der Waals surface area contributed by atoms with Crippen molar-refractivity contribution in [2.75, 3.05) is 55.6 Å². The number of piperazine rings is 1.